The largest absolute Gasteiger partial charge is 0.454 e. The number of nitrogens with zero attached hydrogens (tertiary/aromatic N) is 1. The first-order chi connectivity index (χ1) is 13.6. The van der Waals surface area contributed by atoms with Crippen molar-refractivity contribution in [2.75, 3.05) is 18.7 Å². The minimum Gasteiger partial charge on any atom is -0.454 e. The summed E-state index contributed by atoms with van der Waals surface area (Å²) in [6, 6.07) is 13.1. The zero-order valence-corrected chi connectivity index (χ0v) is 15.7. The number of carbonyl (C=O) groups excluding carboxylic acids is 1. The fraction of sp³-hybridized carbons (Fsp3) is 0.238. The molecule has 144 valence electrons. The van der Waals surface area contributed by atoms with Crippen LogP contribution in [0.4, 0.5) is 5.69 Å². The normalized spacial score (nSPS) is 12.2. The topological polar surface area (TPSA) is 82.8 Å². The third-order valence-electron chi connectivity index (χ3n) is 4.49. The van der Waals surface area contributed by atoms with E-state index >= 15 is 0 Å². The number of aryl methyl sites for hydroxylation is 2. The van der Waals surface area contributed by atoms with Gasteiger partial charge in [0.05, 0.1) is 6.61 Å². The van der Waals surface area contributed by atoms with Gasteiger partial charge >= 0.3 is 0 Å². The maximum atomic E-state index is 12.0. The second-order valence-corrected chi connectivity index (χ2v) is 6.59. The lowest BCUT2D eigenvalue weighted by Crippen LogP contribution is -2.18. The quantitative estimate of drug-likeness (QED) is 0.700. The summed E-state index contributed by atoms with van der Waals surface area (Å²) in [5.41, 5.74) is 4.49. The lowest BCUT2D eigenvalue weighted by Gasteiger charge is -2.07. The van der Waals surface area contributed by atoms with Crippen LogP contribution in [0.2, 0.25) is 0 Å². The Bertz CT molecular complexity index is 1010. The average Bonchev–Trinajstić information content (AvgIpc) is 3.33. The Morgan fingerprint density at radius 1 is 1.07 bits per heavy atom. The van der Waals surface area contributed by atoms with Crippen LogP contribution in [0.5, 0.6) is 11.5 Å². The van der Waals surface area contributed by atoms with E-state index in [-0.39, 0.29) is 25.9 Å². The monoisotopic (exact) mass is 380 g/mol. The molecule has 1 N–H and O–H groups in total. The van der Waals surface area contributed by atoms with Crippen molar-refractivity contribution in [1.29, 1.82) is 0 Å². The number of hydrogen-bond donors (Lipinski definition) is 1. The Balaban J connectivity index is 1.30. The van der Waals surface area contributed by atoms with Crippen molar-refractivity contribution in [3.63, 3.8) is 0 Å². The van der Waals surface area contributed by atoms with Gasteiger partial charge in [-0.3, -0.25) is 4.79 Å². The summed E-state index contributed by atoms with van der Waals surface area (Å²) in [6.07, 6.45) is 0. The van der Waals surface area contributed by atoms with Gasteiger partial charge in [-0.1, -0.05) is 11.2 Å². The first-order valence-electron chi connectivity index (χ1n) is 8.89. The number of fused-ring (bicyclic) bond motifs is 1. The standard InChI is InChI=1S/C21H20N2O5/c1-13-3-5-16(7-14(13)2)22-21(24)11-25-10-17-9-19(28-23-17)15-4-6-18-20(8-15)27-12-26-18/h3-9H,10-12H2,1-2H3,(H,22,24). The first kappa shape index (κ1) is 18.1. The molecule has 0 radical (unpaired) electrons. The molecule has 1 aliphatic heterocycles. The molecule has 1 amide bonds. The van der Waals surface area contributed by atoms with E-state index in [2.05, 4.69) is 10.5 Å². The van der Waals surface area contributed by atoms with E-state index in [1.807, 2.05) is 50.2 Å². The summed E-state index contributed by atoms with van der Waals surface area (Å²) in [7, 11) is 0. The predicted molar refractivity (Wildman–Crippen MR) is 102 cm³/mol. The minimum absolute atomic E-state index is 0.0703. The van der Waals surface area contributed by atoms with Gasteiger partial charge in [0.15, 0.2) is 17.3 Å². The zero-order valence-electron chi connectivity index (χ0n) is 15.7. The van der Waals surface area contributed by atoms with Gasteiger partial charge in [0.1, 0.15) is 12.3 Å². The van der Waals surface area contributed by atoms with E-state index < -0.39 is 0 Å². The van der Waals surface area contributed by atoms with Crippen LogP contribution in [0.1, 0.15) is 16.8 Å². The zero-order chi connectivity index (χ0) is 19.5. The number of nitrogens with one attached hydrogen (secondary N) is 1. The molecule has 0 unspecified atom stereocenters. The molecule has 1 aromatic heterocycles. The average molecular weight is 380 g/mol. The van der Waals surface area contributed by atoms with Gasteiger partial charge in [-0.05, 0) is 55.3 Å². The third kappa shape index (κ3) is 3.99. The van der Waals surface area contributed by atoms with Crippen molar-refractivity contribution in [3.05, 3.63) is 59.3 Å². The second-order valence-electron chi connectivity index (χ2n) is 6.59. The molecule has 0 spiro atoms. The van der Waals surface area contributed by atoms with E-state index in [4.69, 9.17) is 18.7 Å². The summed E-state index contributed by atoms with van der Waals surface area (Å²) in [5.74, 6) is 1.76. The van der Waals surface area contributed by atoms with Gasteiger partial charge in [-0.2, -0.15) is 0 Å². The molecule has 7 nitrogen and oxygen atoms in total. The van der Waals surface area contributed by atoms with Crippen LogP contribution in [0, 0.1) is 13.8 Å². The maximum absolute atomic E-state index is 12.0. The van der Waals surface area contributed by atoms with Crippen molar-refractivity contribution in [1.82, 2.24) is 5.16 Å². The van der Waals surface area contributed by atoms with E-state index in [0.29, 0.717) is 23.0 Å². The summed E-state index contributed by atoms with van der Waals surface area (Å²) in [5, 5.41) is 6.80. The first-order valence-corrected chi connectivity index (χ1v) is 8.89. The summed E-state index contributed by atoms with van der Waals surface area (Å²) in [6.45, 7) is 4.36. The molecule has 0 saturated heterocycles. The fourth-order valence-electron chi connectivity index (χ4n) is 2.83. The summed E-state index contributed by atoms with van der Waals surface area (Å²) in [4.78, 5) is 12.0. The van der Waals surface area contributed by atoms with Gasteiger partial charge < -0.3 is 24.1 Å². The minimum atomic E-state index is -0.220. The van der Waals surface area contributed by atoms with Crippen LogP contribution in [0.3, 0.4) is 0 Å². The number of hydrogen-bond acceptors (Lipinski definition) is 6. The highest BCUT2D eigenvalue weighted by atomic mass is 16.7. The smallest absolute Gasteiger partial charge is 0.250 e. The summed E-state index contributed by atoms with van der Waals surface area (Å²) < 4.78 is 21.5. The van der Waals surface area contributed by atoms with Gasteiger partial charge in [-0.25, -0.2) is 0 Å². The van der Waals surface area contributed by atoms with Gasteiger partial charge in [-0.15, -0.1) is 0 Å². The van der Waals surface area contributed by atoms with E-state index in [0.717, 1.165) is 16.8 Å². The number of rotatable bonds is 6. The van der Waals surface area contributed by atoms with E-state index in [9.17, 15) is 4.79 Å². The lowest BCUT2D eigenvalue weighted by atomic mass is 10.1. The Morgan fingerprint density at radius 3 is 2.79 bits per heavy atom. The molecule has 2 heterocycles. The highest BCUT2D eigenvalue weighted by Gasteiger charge is 2.16. The van der Waals surface area contributed by atoms with Crippen molar-refractivity contribution in [2.24, 2.45) is 0 Å². The number of ether oxygens (including phenoxy) is 3. The Kier molecular flexibility index (Phi) is 4.99. The molecular formula is C21H20N2O5. The number of carbonyl (C=O) groups is 1. The molecule has 4 rings (SSSR count). The van der Waals surface area contributed by atoms with Crippen molar-refractivity contribution >= 4 is 11.6 Å². The van der Waals surface area contributed by atoms with Crippen LogP contribution < -0.4 is 14.8 Å². The molecule has 0 saturated carbocycles. The molecule has 0 fully saturated rings. The molecule has 0 atom stereocenters. The fourth-order valence-corrected chi connectivity index (χ4v) is 2.83. The maximum Gasteiger partial charge on any atom is 0.250 e. The van der Waals surface area contributed by atoms with Crippen LogP contribution in [-0.4, -0.2) is 24.5 Å². The van der Waals surface area contributed by atoms with E-state index in [1.54, 1.807) is 6.07 Å². The Labute approximate surface area is 162 Å². The number of benzene rings is 2. The molecule has 7 heteroatoms. The Morgan fingerprint density at radius 2 is 1.93 bits per heavy atom. The van der Waals surface area contributed by atoms with Crippen LogP contribution in [0.15, 0.2) is 47.0 Å². The molecule has 3 aromatic rings. The third-order valence-corrected chi connectivity index (χ3v) is 4.49. The molecular weight excluding hydrogens is 360 g/mol. The van der Waals surface area contributed by atoms with Gasteiger partial charge in [0, 0.05) is 17.3 Å². The van der Waals surface area contributed by atoms with Crippen molar-refractivity contribution < 1.29 is 23.5 Å². The summed E-state index contributed by atoms with van der Waals surface area (Å²) >= 11 is 0. The number of anilines is 1. The van der Waals surface area contributed by atoms with Crippen LogP contribution >= 0.6 is 0 Å². The molecule has 0 aliphatic carbocycles. The highest BCUT2D eigenvalue weighted by molar-refractivity contribution is 5.91. The van der Waals surface area contributed by atoms with Crippen LogP contribution in [0.25, 0.3) is 11.3 Å². The molecule has 2 aromatic carbocycles. The molecule has 0 bridgehead atoms. The predicted octanol–water partition coefficient (Wildman–Crippen LogP) is 3.84. The van der Waals surface area contributed by atoms with Crippen molar-refractivity contribution in [2.45, 2.75) is 20.5 Å². The van der Waals surface area contributed by atoms with Gasteiger partial charge in [0.25, 0.3) is 0 Å². The van der Waals surface area contributed by atoms with E-state index in [1.165, 1.54) is 5.56 Å². The Hall–Kier alpha value is -3.32. The molecule has 1 aliphatic rings. The molecule has 28 heavy (non-hydrogen) atoms. The van der Waals surface area contributed by atoms with Crippen molar-refractivity contribution in [3.8, 4) is 22.8 Å². The lowest BCUT2D eigenvalue weighted by molar-refractivity contribution is -0.121. The highest BCUT2D eigenvalue weighted by Crippen LogP contribution is 2.36. The van der Waals surface area contributed by atoms with Crippen LogP contribution in [-0.2, 0) is 16.1 Å². The number of aromatic nitrogens is 1. The second kappa shape index (κ2) is 7.74. The number of amides is 1. The van der Waals surface area contributed by atoms with Gasteiger partial charge in [0.2, 0.25) is 12.7 Å². The SMILES string of the molecule is Cc1ccc(NC(=O)COCc2cc(-c3ccc4c(c3)OCO4)on2)cc1C.